The van der Waals surface area contributed by atoms with Gasteiger partial charge in [-0.3, -0.25) is 4.79 Å². The Kier molecular flexibility index (Phi) is 5.91. The molecule has 1 fully saturated rings. The van der Waals surface area contributed by atoms with Crippen LogP contribution in [0.15, 0.2) is 18.2 Å². The van der Waals surface area contributed by atoms with Crippen LogP contribution in [-0.2, 0) is 22.5 Å². The molecule has 1 amide bonds. The van der Waals surface area contributed by atoms with Gasteiger partial charge in [0.25, 0.3) is 5.91 Å². The van der Waals surface area contributed by atoms with Crippen LogP contribution < -0.4 is 16.0 Å². The fraction of sp³-hybridized carbons (Fsp3) is 0.391. The lowest BCUT2D eigenvalue weighted by atomic mass is 9.89. The molecular weight excluding hydrogens is 483 g/mol. The number of halogens is 2. The highest BCUT2D eigenvalue weighted by atomic mass is 35.5. The van der Waals surface area contributed by atoms with Gasteiger partial charge in [-0.25, -0.2) is 4.98 Å². The maximum atomic E-state index is 13.2. The molecule has 0 aliphatic carbocycles. The number of thiophene rings is 1. The van der Waals surface area contributed by atoms with E-state index in [0.717, 1.165) is 40.3 Å². The van der Waals surface area contributed by atoms with Crippen molar-refractivity contribution in [3.63, 3.8) is 0 Å². The van der Waals surface area contributed by atoms with E-state index in [1.165, 1.54) is 11.3 Å². The van der Waals surface area contributed by atoms with Crippen LogP contribution in [-0.4, -0.2) is 42.8 Å². The molecule has 0 unspecified atom stereocenters. The molecular formula is C23H24Cl2N4O3S. The molecule has 5 rings (SSSR count). The number of nitrogens with one attached hydrogen (secondary N) is 1. The van der Waals surface area contributed by atoms with E-state index >= 15 is 0 Å². The molecule has 174 valence electrons. The number of carbonyl (C=O) groups excluding carboxylic acids is 1. The zero-order valence-electron chi connectivity index (χ0n) is 18.3. The van der Waals surface area contributed by atoms with Gasteiger partial charge in [-0.15, -0.1) is 11.3 Å². The highest BCUT2D eigenvalue weighted by Gasteiger charge is 2.34. The van der Waals surface area contributed by atoms with Gasteiger partial charge >= 0.3 is 0 Å². The molecule has 7 nitrogen and oxygen atoms in total. The van der Waals surface area contributed by atoms with E-state index in [0.29, 0.717) is 52.5 Å². The first kappa shape index (κ1) is 22.7. The Bertz CT molecular complexity index is 1250. The lowest BCUT2D eigenvalue weighted by Crippen LogP contribution is -2.39. The fourth-order valence-corrected chi connectivity index (χ4v) is 5.79. The number of fused-ring (bicyclic) bond motifs is 3. The predicted molar refractivity (Wildman–Crippen MR) is 134 cm³/mol. The number of hydrogen-bond donors (Lipinski definition) is 2. The smallest absolute Gasteiger partial charge is 0.267 e. The maximum Gasteiger partial charge on any atom is 0.267 e. The molecule has 4 heterocycles. The molecule has 10 heteroatoms. The van der Waals surface area contributed by atoms with Crippen LogP contribution in [0.2, 0.25) is 10.0 Å². The number of morpholine rings is 1. The van der Waals surface area contributed by atoms with Gasteiger partial charge in [0, 0.05) is 35.5 Å². The Morgan fingerprint density at radius 3 is 2.73 bits per heavy atom. The van der Waals surface area contributed by atoms with E-state index in [2.05, 4.69) is 24.1 Å². The standard InChI is InChI=1S/C23H24Cl2N4O3S/c1-23(2)10-13-14(11-32-23)20(29-5-7-31-8-6-29)28-22-17(13)18(26)19(33-22)21(30)27-16-4-3-12(24)9-15(16)25/h3-4,9H,5-8,10-11,26H2,1-2H3,(H,27,30). The second-order valence-electron chi connectivity index (χ2n) is 8.82. The van der Waals surface area contributed by atoms with Crippen molar-refractivity contribution in [1.29, 1.82) is 0 Å². The minimum Gasteiger partial charge on any atom is -0.397 e. The van der Waals surface area contributed by atoms with Crippen molar-refractivity contribution in [1.82, 2.24) is 4.98 Å². The Morgan fingerprint density at radius 1 is 1.24 bits per heavy atom. The van der Waals surface area contributed by atoms with Crippen molar-refractivity contribution < 1.29 is 14.3 Å². The van der Waals surface area contributed by atoms with Gasteiger partial charge in [0.2, 0.25) is 0 Å². The van der Waals surface area contributed by atoms with Gasteiger partial charge in [0.05, 0.1) is 41.8 Å². The summed E-state index contributed by atoms with van der Waals surface area (Å²) in [5, 5.41) is 4.55. The van der Waals surface area contributed by atoms with Crippen LogP contribution in [0.1, 0.15) is 34.6 Å². The van der Waals surface area contributed by atoms with E-state index in [4.69, 9.17) is 43.4 Å². The number of anilines is 3. The summed E-state index contributed by atoms with van der Waals surface area (Å²) in [7, 11) is 0. The summed E-state index contributed by atoms with van der Waals surface area (Å²) in [6, 6.07) is 4.93. The third-order valence-corrected chi connectivity index (χ3v) is 7.62. The Hall–Kier alpha value is -2.10. The first-order chi connectivity index (χ1) is 15.7. The molecule has 2 aliphatic heterocycles. The highest BCUT2D eigenvalue weighted by Crippen LogP contribution is 2.44. The maximum absolute atomic E-state index is 13.2. The molecule has 1 saturated heterocycles. The van der Waals surface area contributed by atoms with Crippen LogP contribution >= 0.6 is 34.5 Å². The summed E-state index contributed by atoms with van der Waals surface area (Å²) in [5.41, 5.74) is 9.30. The number of pyridine rings is 1. The summed E-state index contributed by atoms with van der Waals surface area (Å²) in [6.07, 6.45) is 0.684. The zero-order chi connectivity index (χ0) is 23.3. The number of benzene rings is 1. The summed E-state index contributed by atoms with van der Waals surface area (Å²) in [5.74, 6) is 0.568. The Morgan fingerprint density at radius 2 is 2.00 bits per heavy atom. The summed E-state index contributed by atoms with van der Waals surface area (Å²) in [6.45, 7) is 7.42. The first-order valence-electron chi connectivity index (χ1n) is 10.7. The number of aromatic nitrogens is 1. The number of amides is 1. The molecule has 0 spiro atoms. The molecule has 0 bridgehead atoms. The third-order valence-electron chi connectivity index (χ3n) is 5.98. The number of nitrogens with zero attached hydrogens (tertiary/aromatic N) is 2. The minimum absolute atomic E-state index is 0.326. The topological polar surface area (TPSA) is 89.7 Å². The molecule has 3 N–H and O–H groups in total. The number of rotatable bonds is 3. The average Bonchev–Trinajstić information content (AvgIpc) is 3.11. The first-order valence-corrected chi connectivity index (χ1v) is 12.3. The number of carbonyl (C=O) groups is 1. The number of nitrogens with two attached hydrogens (primary N) is 1. The monoisotopic (exact) mass is 506 g/mol. The van der Waals surface area contributed by atoms with Crippen molar-refractivity contribution in [2.24, 2.45) is 0 Å². The summed E-state index contributed by atoms with van der Waals surface area (Å²) >= 11 is 13.5. The van der Waals surface area contributed by atoms with Crippen LogP contribution in [0, 0.1) is 0 Å². The second kappa shape index (κ2) is 8.60. The van der Waals surface area contributed by atoms with Crippen LogP contribution in [0.3, 0.4) is 0 Å². The molecule has 33 heavy (non-hydrogen) atoms. The van der Waals surface area contributed by atoms with Gasteiger partial charge in [-0.2, -0.15) is 0 Å². The Balaban J connectivity index is 1.60. The summed E-state index contributed by atoms with van der Waals surface area (Å²) < 4.78 is 11.7. The normalized spacial score (nSPS) is 17.8. The van der Waals surface area contributed by atoms with E-state index < -0.39 is 0 Å². The molecule has 1 aromatic carbocycles. The molecule has 2 aliphatic rings. The zero-order valence-corrected chi connectivity index (χ0v) is 20.7. The third kappa shape index (κ3) is 4.26. The van der Waals surface area contributed by atoms with Crippen LogP contribution in [0.25, 0.3) is 10.2 Å². The van der Waals surface area contributed by atoms with E-state index in [1.807, 2.05) is 0 Å². The van der Waals surface area contributed by atoms with Crippen molar-refractivity contribution in [2.75, 3.05) is 42.3 Å². The fourth-order valence-electron chi connectivity index (χ4n) is 4.32. The Labute approximate surface area is 205 Å². The number of nitrogen functional groups attached to an aromatic ring is 1. The molecule has 3 aromatic rings. The van der Waals surface area contributed by atoms with Crippen molar-refractivity contribution in [3.8, 4) is 0 Å². The van der Waals surface area contributed by atoms with Crippen molar-refractivity contribution in [3.05, 3.63) is 44.2 Å². The van der Waals surface area contributed by atoms with E-state index in [9.17, 15) is 4.79 Å². The highest BCUT2D eigenvalue weighted by molar-refractivity contribution is 7.21. The van der Waals surface area contributed by atoms with Crippen LogP contribution in [0.5, 0.6) is 0 Å². The largest absolute Gasteiger partial charge is 0.397 e. The van der Waals surface area contributed by atoms with Crippen LogP contribution in [0.4, 0.5) is 17.2 Å². The minimum atomic E-state index is -0.336. The lowest BCUT2D eigenvalue weighted by molar-refractivity contribution is -0.0396. The van der Waals surface area contributed by atoms with Crippen molar-refractivity contribution >= 4 is 67.9 Å². The van der Waals surface area contributed by atoms with E-state index in [1.54, 1.807) is 18.2 Å². The number of hydrogen-bond acceptors (Lipinski definition) is 7. The van der Waals surface area contributed by atoms with Crippen molar-refractivity contribution in [2.45, 2.75) is 32.5 Å². The summed E-state index contributed by atoms with van der Waals surface area (Å²) in [4.78, 5) is 21.5. The van der Waals surface area contributed by atoms with Gasteiger partial charge < -0.3 is 25.4 Å². The predicted octanol–water partition coefficient (Wildman–Crippen LogP) is 5.13. The SMILES string of the molecule is CC1(C)Cc2c(c(N3CCOCC3)nc3sc(C(=O)Nc4ccc(Cl)cc4Cl)c(N)c23)CO1. The van der Waals surface area contributed by atoms with Gasteiger partial charge in [0.15, 0.2) is 0 Å². The molecule has 0 radical (unpaired) electrons. The van der Waals surface area contributed by atoms with Gasteiger partial charge in [0.1, 0.15) is 15.5 Å². The second-order valence-corrected chi connectivity index (χ2v) is 10.7. The van der Waals surface area contributed by atoms with Gasteiger partial charge in [-0.1, -0.05) is 23.2 Å². The van der Waals surface area contributed by atoms with E-state index in [-0.39, 0.29) is 11.5 Å². The molecule has 2 aromatic heterocycles. The number of ether oxygens (including phenoxy) is 2. The van der Waals surface area contributed by atoms with Gasteiger partial charge in [-0.05, 0) is 37.6 Å². The quantitative estimate of drug-likeness (QED) is 0.511. The molecule has 0 atom stereocenters. The molecule has 0 saturated carbocycles. The average molecular weight is 507 g/mol. The lowest BCUT2D eigenvalue weighted by Gasteiger charge is -2.36.